The van der Waals surface area contributed by atoms with Gasteiger partial charge in [0.05, 0.1) is 0 Å². The normalized spacial score (nSPS) is 19.9. The van der Waals surface area contributed by atoms with E-state index >= 15 is 0 Å². The molecule has 0 fully saturated rings. The van der Waals surface area contributed by atoms with Crippen molar-refractivity contribution in [3.63, 3.8) is 0 Å². The van der Waals surface area contributed by atoms with Gasteiger partial charge in [-0.25, -0.2) is 0 Å². The molecule has 0 saturated heterocycles. The predicted molar refractivity (Wildman–Crippen MR) is 117 cm³/mol. The number of allylic oxidation sites excluding steroid dienone is 3. The minimum Gasteiger partial charge on any atom is -0.337 e. The molecule has 0 saturated carbocycles. The summed E-state index contributed by atoms with van der Waals surface area (Å²) < 4.78 is 0. The Morgan fingerprint density at radius 1 is 0.778 bits per heavy atom. The molecule has 1 aliphatic rings. The van der Waals surface area contributed by atoms with Crippen LogP contribution in [0.2, 0.25) is 0 Å². The Kier molecular flexibility index (Phi) is 4.93. The number of para-hydroxylation sites is 1. The van der Waals surface area contributed by atoms with Crippen molar-refractivity contribution in [1.82, 2.24) is 0 Å². The SMILES string of the molecule is CC1=C/C(C)c2ccccc2N(c2ccc(-c3ccccc3)cc2)C/C=C\1. The molecule has 3 aromatic rings. The summed E-state index contributed by atoms with van der Waals surface area (Å²) in [6.45, 7) is 5.32. The second-order valence-electron chi connectivity index (χ2n) is 7.18. The monoisotopic (exact) mass is 351 g/mol. The lowest BCUT2D eigenvalue weighted by atomic mass is 9.96. The first kappa shape index (κ1) is 17.4. The van der Waals surface area contributed by atoms with Crippen molar-refractivity contribution in [2.75, 3.05) is 11.4 Å². The van der Waals surface area contributed by atoms with Gasteiger partial charge in [0.2, 0.25) is 0 Å². The van der Waals surface area contributed by atoms with Gasteiger partial charge in [-0.05, 0) is 41.8 Å². The average Bonchev–Trinajstić information content (AvgIpc) is 2.77. The van der Waals surface area contributed by atoms with E-state index in [2.05, 4.69) is 116 Å². The molecule has 1 heterocycles. The smallest absolute Gasteiger partial charge is 0.0452 e. The summed E-state index contributed by atoms with van der Waals surface area (Å²) in [5.41, 5.74) is 7.69. The summed E-state index contributed by atoms with van der Waals surface area (Å²) in [6.07, 6.45) is 6.83. The molecule has 1 nitrogen and oxygen atoms in total. The van der Waals surface area contributed by atoms with Crippen molar-refractivity contribution in [3.05, 3.63) is 108 Å². The van der Waals surface area contributed by atoms with E-state index in [1.54, 1.807) is 0 Å². The Hall–Kier alpha value is -3.06. The molecule has 0 bridgehead atoms. The third-order valence-electron chi connectivity index (χ3n) is 5.19. The molecule has 0 amide bonds. The molecule has 0 N–H and O–H groups in total. The first-order chi connectivity index (χ1) is 13.2. The van der Waals surface area contributed by atoms with Gasteiger partial charge in [0, 0.05) is 23.8 Å². The zero-order chi connectivity index (χ0) is 18.6. The number of benzene rings is 3. The summed E-state index contributed by atoms with van der Waals surface area (Å²) in [5, 5.41) is 0. The fourth-order valence-corrected chi connectivity index (χ4v) is 3.81. The molecule has 1 heteroatoms. The van der Waals surface area contributed by atoms with E-state index in [1.807, 2.05) is 0 Å². The number of fused-ring (bicyclic) bond motifs is 1. The molecule has 0 aliphatic carbocycles. The summed E-state index contributed by atoms with van der Waals surface area (Å²) in [5.74, 6) is 0.384. The second-order valence-corrected chi connectivity index (χ2v) is 7.18. The lowest BCUT2D eigenvalue weighted by Gasteiger charge is -2.27. The molecule has 4 rings (SSSR count). The quantitative estimate of drug-likeness (QED) is 0.475. The molecule has 27 heavy (non-hydrogen) atoms. The van der Waals surface area contributed by atoms with Gasteiger partial charge in [0.25, 0.3) is 0 Å². The maximum Gasteiger partial charge on any atom is 0.0452 e. The zero-order valence-corrected chi connectivity index (χ0v) is 16.0. The van der Waals surface area contributed by atoms with Gasteiger partial charge >= 0.3 is 0 Å². The number of hydrogen-bond donors (Lipinski definition) is 0. The maximum absolute atomic E-state index is 2.41. The van der Waals surface area contributed by atoms with E-state index in [1.165, 1.54) is 33.6 Å². The van der Waals surface area contributed by atoms with Crippen molar-refractivity contribution in [1.29, 1.82) is 0 Å². The lowest BCUT2D eigenvalue weighted by Crippen LogP contribution is -2.18. The van der Waals surface area contributed by atoms with E-state index in [0.29, 0.717) is 5.92 Å². The van der Waals surface area contributed by atoms with Crippen molar-refractivity contribution in [2.24, 2.45) is 0 Å². The molecule has 1 unspecified atom stereocenters. The van der Waals surface area contributed by atoms with Crippen LogP contribution in [0.25, 0.3) is 11.1 Å². The van der Waals surface area contributed by atoms with Crippen LogP contribution in [-0.2, 0) is 0 Å². The Bertz CT molecular complexity index is 965. The van der Waals surface area contributed by atoms with E-state index in [-0.39, 0.29) is 0 Å². The van der Waals surface area contributed by atoms with Crippen LogP contribution in [0, 0.1) is 0 Å². The Balaban J connectivity index is 1.74. The first-order valence-electron chi connectivity index (χ1n) is 9.59. The van der Waals surface area contributed by atoms with Crippen LogP contribution in [0.4, 0.5) is 11.4 Å². The van der Waals surface area contributed by atoms with Crippen LogP contribution in [0.3, 0.4) is 0 Å². The van der Waals surface area contributed by atoms with Gasteiger partial charge in [-0.3, -0.25) is 0 Å². The highest BCUT2D eigenvalue weighted by molar-refractivity contribution is 5.72. The van der Waals surface area contributed by atoms with Gasteiger partial charge in [0.15, 0.2) is 0 Å². The summed E-state index contributed by atoms with van der Waals surface area (Å²) in [6, 6.07) is 28.2. The summed E-state index contributed by atoms with van der Waals surface area (Å²) >= 11 is 0. The van der Waals surface area contributed by atoms with Gasteiger partial charge in [-0.15, -0.1) is 0 Å². The first-order valence-corrected chi connectivity index (χ1v) is 9.59. The van der Waals surface area contributed by atoms with Gasteiger partial charge < -0.3 is 4.90 Å². The van der Waals surface area contributed by atoms with Crippen molar-refractivity contribution in [3.8, 4) is 11.1 Å². The summed E-state index contributed by atoms with van der Waals surface area (Å²) in [7, 11) is 0. The van der Waals surface area contributed by atoms with E-state index in [4.69, 9.17) is 0 Å². The second kappa shape index (κ2) is 7.67. The molecule has 134 valence electrons. The molecule has 0 radical (unpaired) electrons. The van der Waals surface area contributed by atoms with Crippen LogP contribution in [0.1, 0.15) is 25.3 Å². The van der Waals surface area contributed by atoms with Gasteiger partial charge in [-0.1, -0.05) is 91.4 Å². The minimum absolute atomic E-state index is 0.384. The fourth-order valence-electron chi connectivity index (χ4n) is 3.81. The molecule has 1 atom stereocenters. The predicted octanol–water partition coefficient (Wildman–Crippen LogP) is 7.11. The van der Waals surface area contributed by atoms with Crippen LogP contribution in [-0.4, -0.2) is 6.54 Å². The average molecular weight is 351 g/mol. The largest absolute Gasteiger partial charge is 0.337 e. The fraction of sp³-hybridized carbons (Fsp3) is 0.154. The van der Waals surface area contributed by atoms with Crippen molar-refractivity contribution >= 4 is 11.4 Å². The third-order valence-corrected chi connectivity index (χ3v) is 5.19. The number of nitrogens with zero attached hydrogens (tertiary/aromatic N) is 1. The van der Waals surface area contributed by atoms with Gasteiger partial charge in [-0.2, -0.15) is 0 Å². The number of rotatable bonds is 2. The lowest BCUT2D eigenvalue weighted by molar-refractivity contribution is 0.945. The van der Waals surface area contributed by atoms with E-state index in [9.17, 15) is 0 Å². The zero-order valence-electron chi connectivity index (χ0n) is 16.0. The number of anilines is 2. The highest BCUT2D eigenvalue weighted by atomic mass is 15.1. The van der Waals surface area contributed by atoms with Crippen LogP contribution < -0.4 is 4.90 Å². The highest BCUT2D eigenvalue weighted by Gasteiger charge is 2.16. The molecular weight excluding hydrogens is 326 g/mol. The van der Waals surface area contributed by atoms with Crippen LogP contribution in [0.15, 0.2) is 103 Å². The molecule has 0 aromatic heterocycles. The minimum atomic E-state index is 0.384. The maximum atomic E-state index is 2.41. The van der Waals surface area contributed by atoms with Crippen LogP contribution >= 0.6 is 0 Å². The standard InChI is InChI=1S/C26H25N/c1-20-9-8-18-27(26-13-7-6-12-25(26)21(2)19-20)24-16-14-23(15-17-24)22-10-4-3-5-11-22/h3-17,19,21H,18H2,1-2H3/b9-8-,20-19-. The van der Waals surface area contributed by atoms with Crippen molar-refractivity contribution < 1.29 is 0 Å². The Morgan fingerprint density at radius 3 is 2.22 bits per heavy atom. The molecule has 3 aromatic carbocycles. The highest BCUT2D eigenvalue weighted by Crippen LogP contribution is 2.35. The van der Waals surface area contributed by atoms with E-state index < -0.39 is 0 Å². The summed E-state index contributed by atoms with van der Waals surface area (Å²) in [4.78, 5) is 2.41. The number of hydrogen-bond acceptors (Lipinski definition) is 1. The molecular formula is C26H25N. The molecule has 1 aliphatic heterocycles. The Labute approximate surface area is 162 Å². The van der Waals surface area contributed by atoms with E-state index in [0.717, 1.165) is 6.54 Å². The van der Waals surface area contributed by atoms with Crippen molar-refractivity contribution in [2.45, 2.75) is 19.8 Å². The van der Waals surface area contributed by atoms with Gasteiger partial charge in [0.1, 0.15) is 0 Å². The third kappa shape index (κ3) is 3.73. The molecule has 0 spiro atoms. The topological polar surface area (TPSA) is 3.24 Å². The van der Waals surface area contributed by atoms with Crippen LogP contribution in [0.5, 0.6) is 0 Å². The Morgan fingerprint density at radius 2 is 1.44 bits per heavy atom.